The van der Waals surface area contributed by atoms with Crippen molar-refractivity contribution in [2.45, 2.75) is 25.3 Å². The van der Waals surface area contributed by atoms with E-state index in [9.17, 15) is 9.59 Å². The van der Waals surface area contributed by atoms with Gasteiger partial charge in [0.1, 0.15) is 11.6 Å². The van der Waals surface area contributed by atoms with Crippen LogP contribution < -0.4 is 5.32 Å². The summed E-state index contributed by atoms with van der Waals surface area (Å²) >= 11 is 1.20. The van der Waals surface area contributed by atoms with E-state index in [-0.39, 0.29) is 0 Å². The maximum absolute atomic E-state index is 11.9. The van der Waals surface area contributed by atoms with Crippen LogP contribution in [-0.4, -0.2) is 44.8 Å². The van der Waals surface area contributed by atoms with Gasteiger partial charge in [0, 0.05) is 6.54 Å². The number of aliphatic carboxylic acids is 1. The van der Waals surface area contributed by atoms with Crippen molar-refractivity contribution in [1.82, 2.24) is 15.1 Å². The second kappa shape index (κ2) is 5.09. The fourth-order valence-electron chi connectivity index (χ4n) is 1.82. The summed E-state index contributed by atoms with van der Waals surface area (Å²) in [6, 6.07) is -1.16. The van der Waals surface area contributed by atoms with Crippen LogP contribution in [0.5, 0.6) is 0 Å². The Morgan fingerprint density at radius 3 is 3.00 bits per heavy atom. The van der Waals surface area contributed by atoms with Crippen LogP contribution in [0.4, 0.5) is 9.93 Å². The molecule has 1 atom stereocenters. The number of anilines is 1. The number of aromatic nitrogens is 2. The van der Waals surface area contributed by atoms with Gasteiger partial charge in [-0.05, 0) is 19.3 Å². The molecule has 8 heteroatoms. The van der Waals surface area contributed by atoms with E-state index in [1.807, 2.05) is 0 Å². The zero-order valence-corrected chi connectivity index (χ0v) is 9.81. The number of carboxylic acid groups (broad SMARTS) is 1. The van der Waals surface area contributed by atoms with Gasteiger partial charge in [-0.25, -0.2) is 9.59 Å². The Labute approximate surface area is 101 Å². The highest BCUT2D eigenvalue weighted by atomic mass is 32.1. The van der Waals surface area contributed by atoms with E-state index in [0.29, 0.717) is 18.1 Å². The van der Waals surface area contributed by atoms with E-state index in [2.05, 4.69) is 15.5 Å². The van der Waals surface area contributed by atoms with E-state index in [0.717, 1.165) is 12.8 Å². The summed E-state index contributed by atoms with van der Waals surface area (Å²) in [5, 5.41) is 19.2. The van der Waals surface area contributed by atoms with Crippen LogP contribution in [0.1, 0.15) is 19.3 Å². The smallest absolute Gasteiger partial charge is 0.326 e. The molecule has 1 fully saturated rings. The molecule has 1 aliphatic rings. The van der Waals surface area contributed by atoms with Crippen molar-refractivity contribution in [1.29, 1.82) is 0 Å². The lowest BCUT2D eigenvalue weighted by atomic mass is 10.0. The van der Waals surface area contributed by atoms with E-state index in [1.54, 1.807) is 0 Å². The van der Waals surface area contributed by atoms with Crippen molar-refractivity contribution < 1.29 is 14.7 Å². The maximum atomic E-state index is 11.9. The number of nitrogens with one attached hydrogen (secondary N) is 1. The number of rotatable bonds is 2. The van der Waals surface area contributed by atoms with E-state index < -0.39 is 18.0 Å². The molecule has 0 saturated carbocycles. The van der Waals surface area contributed by atoms with Gasteiger partial charge in [-0.3, -0.25) is 5.32 Å². The number of carbonyl (C=O) groups excluding carboxylic acids is 1. The predicted molar refractivity (Wildman–Crippen MR) is 60.9 cm³/mol. The summed E-state index contributed by atoms with van der Waals surface area (Å²) in [4.78, 5) is 24.2. The minimum absolute atomic E-state index is 0.379. The monoisotopic (exact) mass is 256 g/mol. The Morgan fingerprint density at radius 1 is 1.53 bits per heavy atom. The van der Waals surface area contributed by atoms with Gasteiger partial charge in [0.15, 0.2) is 0 Å². The number of nitrogens with zero attached hydrogens (tertiary/aromatic N) is 3. The third-order valence-electron chi connectivity index (χ3n) is 2.62. The van der Waals surface area contributed by atoms with Crippen molar-refractivity contribution in [3.8, 4) is 0 Å². The first kappa shape index (κ1) is 11.8. The first-order valence-electron chi connectivity index (χ1n) is 5.25. The summed E-state index contributed by atoms with van der Waals surface area (Å²) in [6.45, 7) is 0.460. The SMILES string of the molecule is O=C(O)C1CCCCN1C(=O)Nc1nncs1. The molecule has 0 bridgehead atoms. The van der Waals surface area contributed by atoms with Crippen LogP contribution >= 0.6 is 11.3 Å². The average Bonchev–Trinajstić information content (AvgIpc) is 2.81. The largest absolute Gasteiger partial charge is 0.480 e. The van der Waals surface area contributed by atoms with Gasteiger partial charge in [-0.1, -0.05) is 11.3 Å². The van der Waals surface area contributed by atoms with E-state index in [1.165, 1.54) is 21.7 Å². The molecule has 92 valence electrons. The number of amides is 2. The molecule has 7 nitrogen and oxygen atoms in total. The van der Waals surface area contributed by atoms with Crippen LogP contribution in [0, 0.1) is 0 Å². The Balaban J connectivity index is 2.03. The van der Waals surface area contributed by atoms with Crippen LogP contribution in [0.15, 0.2) is 5.51 Å². The molecule has 0 aliphatic carbocycles. The molecule has 1 saturated heterocycles. The lowest BCUT2D eigenvalue weighted by Crippen LogP contribution is -2.49. The first-order valence-corrected chi connectivity index (χ1v) is 6.13. The van der Waals surface area contributed by atoms with Crippen molar-refractivity contribution in [3.63, 3.8) is 0 Å². The Morgan fingerprint density at radius 2 is 2.35 bits per heavy atom. The molecule has 1 aromatic heterocycles. The lowest BCUT2D eigenvalue weighted by molar-refractivity contribution is -0.143. The third kappa shape index (κ3) is 2.70. The maximum Gasteiger partial charge on any atom is 0.326 e. The number of carboxylic acids is 1. The zero-order valence-electron chi connectivity index (χ0n) is 9.00. The highest BCUT2D eigenvalue weighted by Crippen LogP contribution is 2.19. The van der Waals surface area contributed by atoms with E-state index in [4.69, 9.17) is 5.11 Å². The molecule has 0 radical (unpaired) electrons. The van der Waals surface area contributed by atoms with Crippen LogP contribution in [0.3, 0.4) is 0 Å². The summed E-state index contributed by atoms with van der Waals surface area (Å²) in [5.41, 5.74) is 1.50. The molecule has 2 rings (SSSR count). The Kier molecular flexibility index (Phi) is 3.52. The van der Waals surface area contributed by atoms with Gasteiger partial charge >= 0.3 is 12.0 Å². The predicted octanol–water partition coefficient (Wildman–Crippen LogP) is 1.01. The van der Waals surface area contributed by atoms with Crippen molar-refractivity contribution >= 4 is 28.5 Å². The van der Waals surface area contributed by atoms with E-state index >= 15 is 0 Å². The van der Waals surface area contributed by atoms with Crippen LogP contribution in [0.2, 0.25) is 0 Å². The van der Waals surface area contributed by atoms with Crippen LogP contribution in [-0.2, 0) is 4.79 Å². The van der Waals surface area contributed by atoms with Gasteiger partial charge in [-0.15, -0.1) is 10.2 Å². The number of urea groups is 1. The molecule has 0 aromatic carbocycles. The lowest BCUT2D eigenvalue weighted by Gasteiger charge is -2.32. The molecule has 2 amide bonds. The highest BCUT2D eigenvalue weighted by molar-refractivity contribution is 7.13. The number of piperidine rings is 1. The molecule has 1 aliphatic heterocycles. The molecular formula is C9H12N4O3S. The molecule has 1 unspecified atom stereocenters. The number of hydrogen-bond acceptors (Lipinski definition) is 5. The van der Waals surface area contributed by atoms with Gasteiger partial charge in [0.2, 0.25) is 5.13 Å². The minimum atomic E-state index is -0.961. The minimum Gasteiger partial charge on any atom is -0.480 e. The summed E-state index contributed by atoms with van der Waals surface area (Å²) in [7, 11) is 0. The van der Waals surface area contributed by atoms with Gasteiger partial charge in [-0.2, -0.15) is 0 Å². The number of hydrogen-bond donors (Lipinski definition) is 2. The Bertz CT molecular complexity index is 408. The van der Waals surface area contributed by atoms with Crippen molar-refractivity contribution in [3.05, 3.63) is 5.51 Å². The van der Waals surface area contributed by atoms with Crippen molar-refractivity contribution in [2.24, 2.45) is 0 Å². The summed E-state index contributed by atoms with van der Waals surface area (Å²) in [5.74, 6) is -0.961. The molecule has 0 spiro atoms. The standard InChI is InChI=1S/C9H12N4O3S/c14-7(15)6-3-1-2-4-13(6)9(16)11-8-12-10-5-17-8/h5-6H,1-4H2,(H,14,15)(H,11,12,16). The van der Waals surface area contributed by atoms with Gasteiger partial charge < -0.3 is 10.0 Å². The molecule has 2 N–H and O–H groups in total. The summed E-state index contributed by atoms with van der Waals surface area (Å²) < 4.78 is 0. The normalized spacial score (nSPS) is 20.0. The number of carbonyl (C=O) groups is 2. The summed E-state index contributed by atoms with van der Waals surface area (Å²) in [6.07, 6.45) is 2.16. The quantitative estimate of drug-likeness (QED) is 0.823. The van der Waals surface area contributed by atoms with Gasteiger partial charge in [0.05, 0.1) is 0 Å². The third-order valence-corrected chi connectivity index (χ3v) is 3.23. The topological polar surface area (TPSA) is 95.4 Å². The fraction of sp³-hybridized carbons (Fsp3) is 0.556. The highest BCUT2D eigenvalue weighted by Gasteiger charge is 2.32. The van der Waals surface area contributed by atoms with Crippen LogP contribution in [0.25, 0.3) is 0 Å². The molecule has 2 heterocycles. The second-order valence-electron chi connectivity index (χ2n) is 3.72. The first-order chi connectivity index (χ1) is 8.18. The van der Waals surface area contributed by atoms with Crippen molar-refractivity contribution in [2.75, 3.05) is 11.9 Å². The second-order valence-corrected chi connectivity index (χ2v) is 4.55. The fourth-order valence-corrected chi connectivity index (χ4v) is 2.26. The number of likely N-dealkylation sites (tertiary alicyclic amines) is 1. The average molecular weight is 256 g/mol. The molecular weight excluding hydrogens is 244 g/mol. The van der Waals surface area contributed by atoms with Gasteiger partial charge in [0.25, 0.3) is 0 Å². The molecule has 17 heavy (non-hydrogen) atoms. The Hall–Kier alpha value is -1.70. The molecule has 1 aromatic rings. The zero-order chi connectivity index (χ0) is 12.3.